The standard InChI is InChI=1S/C28H36N4O/c1-21-7-2-3-8-23(21)14-17-28(33)31-27-11-5-4-10-26(27)30-24-9-6-18-32(20-24)25-15-12-22(19-29)13-16-25/h2-3,7-8,12-13,15-16,24,26-27,30H,4-6,9-11,14,17-18,20H2,1H3,(H,31,33). The van der Waals surface area contributed by atoms with Crippen LogP contribution in [0.25, 0.3) is 0 Å². The van der Waals surface area contributed by atoms with Crippen molar-refractivity contribution in [3.8, 4) is 6.07 Å². The van der Waals surface area contributed by atoms with Gasteiger partial charge in [0, 0.05) is 43.3 Å². The van der Waals surface area contributed by atoms with Crippen molar-refractivity contribution in [1.29, 1.82) is 5.26 Å². The van der Waals surface area contributed by atoms with Crippen LogP contribution in [0.3, 0.4) is 0 Å². The molecule has 5 nitrogen and oxygen atoms in total. The van der Waals surface area contributed by atoms with Gasteiger partial charge in [0.2, 0.25) is 5.91 Å². The van der Waals surface area contributed by atoms with Crippen LogP contribution in [0.2, 0.25) is 0 Å². The number of carbonyl (C=O) groups is 1. The van der Waals surface area contributed by atoms with E-state index >= 15 is 0 Å². The van der Waals surface area contributed by atoms with Gasteiger partial charge in [-0.1, -0.05) is 37.1 Å². The van der Waals surface area contributed by atoms with Gasteiger partial charge < -0.3 is 15.5 Å². The summed E-state index contributed by atoms with van der Waals surface area (Å²) in [5.74, 6) is 0.166. The Kier molecular flexibility index (Phi) is 8.01. The van der Waals surface area contributed by atoms with E-state index in [-0.39, 0.29) is 11.9 Å². The summed E-state index contributed by atoms with van der Waals surface area (Å²) in [6, 6.07) is 19.4. The first-order chi connectivity index (χ1) is 16.1. The second-order valence-electron chi connectivity index (χ2n) is 9.60. The van der Waals surface area contributed by atoms with Crippen molar-refractivity contribution in [3.05, 3.63) is 65.2 Å². The number of nitrogens with zero attached hydrogens (tertiary/aromatic N) is 2. The molecule has 2 aromatic carbocycles. The normalized spacial score (nSPS) is 23.0. The van der Waals surface area contributed by atoms with Crippen LogP contribution in [0.5, 0.6) is 0 Å². The Morgan fingerprint density at radius 1 is 1.03 bits per heavy atom. The summed E-state index contributed by atoms with van der Waals surface area (Å²) in [5.41, 5.74) is 4.40. The fourth-order valence-electron chi connectivity index (χ4n) is 5.32. The molecule has 1 aliphatic heterocycles. The summed E-state index contributed by atoms with van der Waals surface area (Å²) < 4.78 is 0. The van der Waals surface area contributed by atoms with Crippen LogP contribution in [-0.2, 0) is 11.2 Å². The second-order valence-corrected chi connectivity index (χ2v) is 9.60. The van der Waals surface area contributed by atoms with Crippen molar-refractivity contribution in [2.45, 2.75) is 76.4 Å². The molecule has 1 aliphatic carbocycles. The number of anilines is 1. The zero-order valence-electron chi connectivity index (χ0n) is 19.7. The summed E-state index contributed by atoms with van der Waals surface area (Å²) in [6.45, 7) is 4.13. The summed E-state index contributed by atoms with van der Waals surface area (Å²) in [4.78, 5) is 15.2. The average Bonchev–Trinajstić information content (AvgIpc) is 2.85. The van der Waals surface area contributed by atoms with Crippen molar-refractivity contribution in [3.63, 3.8) is 0 Å². The fourth-order valence-corrected chi connectivity index (χ4v) is 5.32. The van der Waals surface area contributed by atoms with Gasteiger partial charge in [-0.05, 0) is 74.4 Å². The summed E-state index contributed by atoms with van der Waals surface area (Å²) in [6.07, 6.45) is 8.24. The lowest BCUT2D eigenvalue weighted by Crippen LogP contribution is -2.57. The summed E-state index contributed by atoms with van der Waals surface area (Å²) in [7, 11) is 0. The van der Waals surface area contributed by atoms with Crippen LogP contribution < -0.4 is 15.5 Å². The van der Waals surface area contributed by atoms with Crippen molar-refractivity contribution in [2.75, 3.05) is 18.0 Å². The average molecular weight is 445 g/mol. The minimum atomic E-state index is 0.166. The maximum absolute atomic E-state index is 12.8. The molecule has 3 atom stereocenters. The molecule has 5 heteroatoms. The van der Waals surface area contributed by atoms with Crippen molar-refractivity contribution in [1.82, 2.24) is 10.6 Å². The zero-order chi connectivity index (χ0) is 23.0. The van der Waals surface area contributed by atoms with E-state index in [4.69, 9.17) is 5.26 Å². The maximum atomic E-state index is 12.8. The van der Waals surface area contributed by atoms with Crippen molar-refractivity contribution >= 4 is 11.6 Å². The molecule has 2 fully saturated rings. The smallest absolute Gasteiger partial charge is 0.220 e. The minimum absolute atomic E-state index is 0.166. The molecule has 1 amide bonds. The first-order valence-electron chi connectivity index (χ1n) is 12.5. The lowest BCUT2D eigenvalue weighted by Gasteiger charge is -2.40. The van der Waals surface area contributed by atoms with Gasteiger partial charge in [0.1, 0.15) is 0 Å². The Hall–Kier alpha value is -2.84. The van der Waals surface area contributed by atoms with Crippen molar-refractivity contribution < 1.29 is 4.79 Å². The van der Waals surface area contributed by atoms with Gasteiger partial charge in [0.05, 0.1) is 11.6 Å². The van der Waals surface area contributed by atoms with Crippen molar-refractivity contribution in [2.24, 2.45) is 0 Å². The van der Waals surface area contributed by atoms with Gasteiger partial charge in [0.25, 0.3) is 0 Å². The fraction of sp³-hybridized carbons (Fsp3) is 0.500. The first-order valence-corrected chi connectivity index (χ1v) is 12.5. The molecule has 3 unspecified atom stereocenters. The number of hydrogen-bond acceptors (Lipinski definition) is 4. The zero-order valence-corrected chi connectivity index (χ0v) is 19.7. The number of rotatable bonds is 7. The molecule has 0 bridgehead atoms. The van der Waals surface area contributed by atoms with Gasteiger partial charge >= 0.3 is 0 Å². The number of aryl methyl sites for hydroxylation is 2. The highest BCUT2D eigenvalue weighted by atomic mass is 16.1. The number of nitriles is 1. The molecule has 4 rings (SSSR count). The Bertz CT molecular complexity index is 965. The molecule has 174 valence electrons. The number of hydrogen-bond donors (Lipinski definition) is 2. The van der Waals surface area contributed by atoms with Gasteiger partial charge in [-0.3, -0.25) is 4.79 Å². The molecule has 1 saturated carbocycles. The van der Waals surface area contributed by atoms with E-state index in [0.717, 1.165) is 45.2 Å². The number of piperidine rings is 1. The molecular weight excluding hydrogens is 408 g/mol. The molecule has 1 heterocycles. The van der Waals surface area contributed by atoms with E-state index in [1.165, 1.54) is 29.7 Å². The number of amides is 1. The Labute approximate surface area is 198 Å². The molecule has 2 aliphatic rings. The van der Waals surface area contributed by atoms with Gasteiger partial charge in [-0.25, -0.2) is 0 Å². The highest BCUT2D eigenvalue weighted by Crippen LogP contribution is 2.24. The monoisotopic (exact) mass is 444 g/mol. The van der Waals surface area contributed by atoms with Crippen LogP contribution in [0.1, 0.15) is 61.6 Å². The molecule has 1 saturated heterocycles. The Morgan fingerprint density at radius 2 is 1.79 bits per heavy atom. The third-order valence-electron chi connectivity index (χ3n) is 7.23. The number of carbonyl (C=O) groups excluding carboxylic acids is 1. The molecule has 0 radical (unpaired) electrons. The summed E-state index contributed by atoms with van der Waals surface area (Å²) in [5, 5.41) is 16.3. The predicted octanol–water partition coefficient (Wildman–Crippen LogP) is 4.49. The quantitative estimate of drug-likeness (QED) is 0.660. The molecule has 2 N–H and O–H groups in total. The maximum Gasteiger partial charge on any atom is 0.220 e. The van der Waals surface area contributed by atoms with Crippen LogP contribution in [-0.4, -0.2) is 37.1 Å². The highest BCUT2D eigenvalue weighted by molar-refractivity contribution is 5.76. The lowest BCUT2D eigenvalue weighted by atomic mass is 9.88. The Balaban J connectivity index is 1.30. The van der Waals surface area contributed by atoms with Gasteiger partial charge in [0.15, 0.2) is 0 Å². The van der Waals surface area contributed by atoms with E-state index in [0.29, 0.717) is 24.1 Å². The highest BCUT2D eigenvalue weighted by Gasteiger charge is 2.30. The molecule has 0 aromatic heterocycles. The first kappa shape index (κ1) is 23.3. The third kappa shape index (κ3) is 6.36. The molecule has 0 spiro atoms. The predicted molar refractivity (Wildman–Crippen MR) is 133 cm³/mol. The second kappa shape index (κ2) is 11.3. The Morgan fingerprint density at radius 3 is 2.55 bits per heavy atom. The third-order valence-corrected chi connectivity index (χ3v) is 7.23. The topological polar surface area (TPSA) is 68.2 Å². The van der Waals surface area contributed by atoms with E-state index in [9.17, 15) is 4.79 Å². The SMILES string of the molecule is Cc1ccccc1CCC(=O)NC1CCCCC1NC1CCCN(c2ccc(C#N)cc2)C1. The van der Waals surface area contributed by atoms with Gasteiger partial charge in [-0.2, -0.15) is 5.26 Å². The molecular formula is C28H36N4O. The number of benzene rings is 2. The molecule has 33 heavy (non-hydrogen) atoms. The van der Waals surface area contributed by atoms with Crippen LogP contribution in [0, 0.1) is 18.3 Å². The number of nitrogens with one attached hydrogen (secondary N) is 2. The van der Waals surface area contributed by atoms with E-state index in [1.54, 1.807) is 0 Å². The van der Waals surface area contributed by atoms with E-state index in [2.05, 4.69) is 52.8 Å². The van der Waals surface area contributed by atoms with Gasteiger partial charge in [-0.15, -0.1) is 0 Å². The lowest BCUT2D eigenvalue weighted by molar-refractivity contribution is -0.122. The summed E-state index contributed by atoms with van der Waals surface area (Å²) >= 11 is 0. The molecule has 2 aromatic rings. The minimum Gasteiger partial charge on any atom is -0.370 e. The van der Waals surface area contributed by atoms with Crippen LogP contribution in [0.15, 0.2) is 48.5 Å². The largest absolute Gasteiger partial charge is 0.370 e. The van der Waals surface area contributed by atoms with E-state index < -0.39 is 0 Å². The van der Waals surface area contributed by atoms with Crippen LogP contribution >= 0.6 is 0 Å². The van der Waals surface area contributed by atoms with Crippen LogP contribution in [0.4, 0.5) is 5.69 Å². The van der Waals surface area contributed by atoms with E-state index in [1.807, 2.05) is 24.3 Å².